The highest BCUT2D eigenvalue weighted by molar-refractivity contribution is 7.86. The van der Waals surface area contributed by atoms with Gasteiger partial charge in [-0.3, -0.25) is 19.4 Å². The maximum Gasteiger partial charge on any atom is 0.332 e. The standard InChI is InChI=1S/C29H41FN8O8S/c30-47(42,43)22-4-1-19(2-5-22)3-6-24(39)38-18-21(31)15-23(38)27(40)34-8-10-45-12-14-46-13-11-44-9-7-33-16-20-17-35-26-25(20)28(41)37-29(32)36-26/h1-2,4-5,17,21,23,33H,3,6-16,18,31H2,(H,34,40)(H4,32,35,36,37,41)/t21-,23-/m0/s1. The number of nitrogens with one attached hydrogen (secondary N) is 4. The second-order valence-corrected chi connectivity index (χ2v) is 12.3. The van der Waals surface area contributed by atoms with Gasteiger partial charge in [0.1, 0.15) is 11.7 Å². The average Bonchev–Trinajstić information content (AvgIpc) is 3.63. The largest absolute Gasteiger partial charge is 0.378 e. The van der Waals surface area contributed by atoms with Crippen LogP contribution in [0.4, 0.5) is 9.83 Å². The first kappa shape index (κ1) is 35.9. The summed E-state index contributed by atoms with van der Waals surface area (Å²) in [4.78, 5) is 48.2. The number of halogens is 1. The smallest absolute Gasteiger partial charge is 0.332 e. The second kappa shape index (κ2) is 17.3. The Morgan fingerprint density at radius 2 is 1.70 bits per heavy atom. The van der Waals surface area contributed by atoms with Gasteiger partial charge in [0.05, 0.1) is 49.9 Å². The molecule has 3 aromatic rings. The number of rotatable bonds is 19. The first-order valence-corrected chi connectivity index (χ1v) is 16.6. The first-order chi connectivity index (χ1) is 22.5. The van der Waals surface area contributed by atoms with Crippen LogP contribution in [0.25, 0.3) is 11.0 Å². The monoisotopic (exact) mass is 680 g/mol. The zero-order chi connectivity index (χ0) is 33.8. The molecule has 1 fully saturated rings. The number of anilines is 1. The van der Waals surface area contributed by atoms with E-state index in [-0.39, 0.29) is 55.5 Å². The van der Waals surface area contributed by atoms with Crippen LogP contribution >= 0.6 is 0 Å². The van der Waals surface area contributed by atoms with Crippen molar-refractivity contribution in [1.82, 2.24) is 30.5 Å². The van der Waals surface area contributed by atoms with Gasteiger partial charge in [-0.25, -0.2) is 0 Å². The molecule has 0 saturated carbocycles. The molecular weight excluding hydrogens is 639 g/mol. The number of carbonyl (C=O) groups excluding carboxylic acids is 2. The zero-order valence-electron chi connectivity index (χ0n) is 25.8. The number of nitrogens with zero attached hydrogens (tertiary/aromatic N) is 2. The molecule has 0 spiro atoms. The fraction of sp³-hybridized carbons (Fsp3) is 0.517. The molecule has 1 saturated heterocycles. The van der Waals surface area contributed by atoms with Crippen molar-refractivity contribution in [3.63, 3.8) is 0 Å². The molecule has 47 heavy (non-hydrogen) atoms. The number of fused-ring (bicyclic) bond motifs is 1. The van der Waals surface area contributed by atoms with E-state index in [0.717, 1.165) is 17.7 Å². The van der Waals surface area contributed by atoms with E-state index in [1.807, 2.05) is 0 Å². The summed E-state index contributed by atoms with van der Waals surface area (Å²) in [6, 6.07) is 4.19. The predicted octanol–water partition coefficient (Wildman–Crippen LogP) is -0.692. The van der Waals surface area contributed by atoms with E-state index >= 15 is 0 Å². The van der Waals surface area contributed by atoms with Crippen molar-refractivity contribution in [2.75, 3.05) is 65.0 Å². The summed E-state index contributed by atoms with van der Waals surface area (Å²) in [6.07, 6.45) is 2.45. The SMILES string of the molecule is Nc1nc2[nH]cc(CNCCOCCOCCOCCNC(=O)[C@@H]3C[C@H](N)CN3C(=O)CCc3ccc(S(=O)(=O)F)cc3)c2c(=O)[nH]1. The lowest BCUT2D eigenvalue weighted by atomic mass is 10.1. The summed E-state index contributed by atoms with van der Waals surface area (Å²) in [6.45, 7) is 3.76. The molecule has 4 rings (SSSR count). The van der Waals surface area contributed by atoms with Crippen LogP contribution < -0.4 is 27.7 Å². The van der Waals surface area contributed by atoms with Crippen LogP contribution in [-0.4, -0.2) is 111 Å². The van der Waals surface area contributed by atoms with Gasteiger partial charge in [-0.05, 0) is 36.1 Å². The molecule has 8 N–H and O–H groups in total. The Kier molecular flexibility index (Phi) is 13.2. The normalized spacial score (nSPS) is 16.6. The molecule has 1 aliphatic rings. The van der Waals surface area contributed by atoms with Crippen LogP contribution in [0, 0.1) is 0 Å². The Balaban J connectivity index is 1.00. The van der Waals surface area contributed by atoms with Crippen molar-refractivity contribution in [3.05, 3.63) is 51.9 Å². The molecule has 0 radical (unpaired) electrons. The lowest BCUT2D eigenvalue weighted by Gasteiger charge is -2.24. The number of H-pyrrole nitrogens is 2. The summed E-state index contributed by atoms with van der Waals surface area (Å²) >= 11 is 0. The first-order valence-electron chi connectivity index (χ1n) is 15.2. The molecule has 2 amide bonds. The van der Waals surface area contributed by atoms with Crippen LogP contribution in [0.15, 0.2) is 40.2 Å². The molecule has 18 heteroatoms. The van der Waals surface area contributed by atoms with Gasteiger partial charge in [0.2, 0.25) is 17.8 Å². The summed E-state index contributed by atoms with van der Waals surface area (Å²) in [5.41, 5.74) is 13.2. The fourth-order valence-corrected chi connectivity index (χ4v) is 5.60. The Bertz CT molecular complexity index is 1650. The van der Waals surface area contributed by atoms with Gasteiger partial charge in [0.25, 0.3) is 5.56 Å². The van der Waals surface area contributed by atoms with Crippen molar-refractivity contribution >= 4 is 39.0 Å². The number of aromatic nitrogens is 3. The van der Waals surface area contributed by atoms with Crippen molar-refractivity contribution in [2.45, 2.75) is 42.8 Å². The van der Waals surface area contributed by atoms with Crippen molar-refractivity contribution in [1.29, 1.82) is 0 Å². The molecule has 0 unspecified atom stereocenters. The van der Waals surface area contributed by atoms with Crippen LogP contribution in [0.5, 0.6) is 0 Å². The summed E-state index contributed by atoms with van der Waals surface area (Å²) in [5.74, 6) is -0.502. The molecule has 258 valence electrons. The topological polar surface area (TPSA) is 237 Å². The number of benzene rings is 1. The van der Waals surface area contributed by atoms with Crippen molar-refractivity contribution in [3.8, 4) is 0 Å². The Labute approximate surface area is 270 Å². The fourth-order valence-electron chi connectivity index (χ4n) is 5.14. The predicted molar refractivity (Wildman–Crippen MR) is 169 cm³/mol. The van der Waals surface area contributed by atoms with E-state index in [9.17, 15) is 26.7 Å². The highest BCUT2D eigenvalue weighted by atomic mass is 32.3. The number of aromatic amines is 2. The molecular formula is C29H41FN8O8S. The third-order valence-corrected chi connectivity index (χ3v) is 8.29. The van der Waals surface area contributed by atoms with Gasteiger partial charge < -0.3 is 46.2 Å². The van der Waals surface area contributed by atoms with Crippen LogP contribution in [0.3, 0.4) is 0 Å². The number of aryl methyl sites for hydroxylation is 1. The molecule has 16 nitrogen and oxygen atoms in total. The maximum absolute atomic E-state index is 13.1. The molecule has 3 heterocycles. The number of hydrogen-bond donors (Lipinski definition) is 6. The quantitative estimate of drug-likeness (QED) is 0.0682. The minimum Gasteiger partial charge on any atom is -0.378 e. The summed E-state index contributed by atoms with van der Waals surface area (Å²) in [7, 11) is -4.79. The molecule has 2 aromatic heterocycles. The Morgan fingerprint density at radius 3 is 2.38 bits per heavy atom. The Hall–Kier alpha value is -3.94. The van der Waals surface area contributed by atoms with Gasteiger partial charge in [-0.2, -0.15) is 13.4 Å². The molecule has 1 aliphatic heterocycles. The zero-order valence-corrected chi connectivity index (χ0v) is 26.7. The van der Waals surface area contributed by atoms with Gasteiger partial charge in [-0.15, -0.1) is 3.89 Å². The van der Waals surface area contributed by atoms with Gasteiger partial charge in [-0.1, -0.05) is 12.1 Å². The van der Waals surface area contributed by atoms with E-state index in [1.165, 1.54) is 17.0 Å². The molecule has 0 aliphatic carbocycles. The third kappa shape index (κ3) is 10.8. The molecule has 2 atom stereocenters. The average molecular weight is 681 g/mol. The third-order valence-electron chi connectivity index (χ3n) is 7.46. The maximum atomic E-state index is 13.1. The molecule has 0 bridgehead atoms. The van der Waals surface area contributed by atoms with Gasteiger partial charge >= 0.3 is 10.2 Å². The van der Waals surface area contributed by atoms with E-state index in [0.29, 0.717) is 75.6 Å². The highest BCUT2D eigenvalue weighted by Crippen LogP contribution is 2.20. The number of hydrogen-bond acceptors (Lipinski definition) is 12. The minimum absolute atomic E-state index is 0.0597. The second-order valence-electron chi connectivity index (χ2n) is 10.9. The summed E-state index contributed by atoms with van der Waals surface area (Å²) in [5, 5.41) is 6.46. The number of carbonyl (C=O) groups is 2. The number of ether oxygens (including phenoxy) is 3. The van der Waals surface area contributed by atoms with E-state index in [4.69, 9.17) is 25.7 Å². The van der Waals surface area contributed by atoms with Gasteiger partial charge in [0, 0.05) is 44.8 Å². The number of likely N-dealkylation sites (tertiary alicyclic amines) is 1. The number of amides is 2. The van der Waals surface area contributed by atoms with Crippen molar-refractivity contribution < 1.29 is 36.1 Å². The van der Waals surface area contributed by atoms with Crippen molar-refractivity contribution in [2.24, 2.45) is 5.73 Å². The van der Waals surface area contributed by atoms with E-state index < -0.39 is 21.2 Å². The van der Waals surface area contributed by atoms with Crippen LogP contribution in [0.1, 0.15) is 24.0 Å². The summed E-state index contributed by atoms with van der Waals surface area (Å²) < 4.78 is 51.6. The van der Waals surface area contributed by atoms with E-state index in [1.54, 1.807) is 6.20 Å². The minimum atomic E-state index is -4.79. The van der Waals surface area contributed by atoms with Crippen LogP contribution in [-0.2, 0) is 47.0 Å². The van der Waals surface area contributed by atoms with Crippen LogP contribution in [0.2, 0.25) is 0 Å². The number of nitrogens with two attached hydrogens (primary N) is 2. The lowest BCUT2D eigenvalue weighted by Crippen LogP contribution is -2.46. The molecule has 1 aromatic carbocycles. The lowest BCUT2D eigenvalue weighted by molar-refractivity contribution is -0.138. The Morgan fingerprint density at radius 1 is 1.04 bits per heavy atom. The van der Waals surface area contributed by atoms with Gasteiger partial charge in [0.15, 0.2) is 0 Å². The number of nitrogen functional groups attached to an aromatic ring is 1. The highest BCUT2D eigenvalue weighted by Gasteiger charge is 2.37. The van der Waals surface area contributed by atoms with E-state index in [2.05, 4.69) is 25.6 Å².